The van der Waals surface area contributed by atoms with Crippen molar-refractivity contribution in [2.24, 2.45) is 21.7 Å². The predicted molar refractivity (Wildman–Crippen MR) is 285 cm³/mol. The maximum Gasteiger partial charge on any atom is 0.499 e. The fourth-order valence-corrected chi connectivity index (χ4v) is 13.3. The van der Waals surface area contributed by atoms with Crippen LogP contribution in [0.2, 0.25) is 0 Å². The third-order valence-electron chi connectivity index (χ3n) is 12.4. The van der Waals surface area contributed by atoms with Gasteiger partial charge in [0.15, 0.2) is 0 Å². The first-order valence-electron chi connectivity index (χ1n) is 24.2. The van der Waals surface area contributed by atoms with Crippen molar-refractivity contribution >= 4 is 90.5 Å². The average molecular weight is 1060 g/mol. The molecule has 0 amide bonds. The van der Waals surface area contributed by atoms with Gasteiger partial charge in [0.1, 0.15) is 27.6 Å². The summed E-state index contributed by atoms with van der Waals surface area (Å²) in [6.45, 7) is 34.5. The lowest BCUT2D eigenvalue weighted by Gasteiger charge is -2.30. The smallest absolute Gasteiger partial charge is 0.456 e. The van der Waals surface area contributed by atoms with Crippen LogP contribution in [0.3, 0.4) is 0 Å². The number of thiophene rings is 3. The molecule has 4 aliphatic rings. The van der Waals surface area contributed by atoms with Crippen molar-refractivity contribution in [1.29, 1.82) is 0 Å². The number of fused-ring (bicyclic) bond motifs is 3. The molecule has 68 heavy (non-hydrogen) atoms. The topological polar surface area (TPSA) is 162 Å². The van der Waals surface area contributed by atoms with Gasteiger partial charge in [0.25, 0.3) is 0 Å². The van der Waals surface area contributed by atoms with Crippen LogP contribution in [0, 0.1) is 21.7 Å². The molecule has 0 radical (unpaired) electrons. The summed E-state index contributed by atoms with van der Waals surface area (Å²) in [6, 6.07) is 0. The zero-order valence-electron chi connectivity index (χ0n) is 44.2. The lowest BCUT2D eigenvalue weighted by Crippen LogP contribution is -2.35. The molecule has 0 atom stereocenters. The van der Waals surface area contributed by atoms with Crippen LogP contribution < -0.4 is 10.5 Å². The number of nitrogens with two attached hydrogens (primary N) is 1. The van der Waals surface area contributed by atoms with Crippen molar-refractivity contribution in [2.45, 2.75) is 218 Å². The molecule has 380 valence electrons. The van der Waals surface area contributed by atoms with Crippen LogP contribution in [0.1, 0.15) is 225 Å². The van der Waals surface area contributed by atoms with E-state index in [1.807, 2.05) is 62.3 Å². The largest absolute Gasteiger partial charge is 0.499 e. The number of esters is 3. The summed E-state index contributed by atoms with van der Waals surface area (Å²) in [5, 5.41) is 19.8. The Kier molecular flexibility index (Phi) is 18.5. The fraction of sp³-hybridized carbons (Fsp3) is 0.698. The van der Waals surface area contributed by atoms with Gasteiger partial charge in [-0.05, 0) is 187 Å². The van der Waals surface area contributed by atoms with Crippen molar-refractivity contribution in [1.82, 2.24) is 0 Å². The van der Waals surface area contributed by atoms with Gasteiger partial charge >= 0.3 is 25.0 Å². The number of ether oxygens (including phenoxy) is 3. The van der Waals surface area contributed by atoms with E-state index >= 15 is 0 Å². The van der Waals surface area contributed by atoms with Gasteiger partial charge < -0.3 is 30.0 Å². The first-order valence-corrected chi connectivity index (χ1v) is 27.4. The third kappa shape index (κ3) is 16.8. The molecule has 4 N–H and O–H groups in total. The normalized spacial score (nSPS) is 18.9. The van der Waals surface area contributed by atoms with Gasteiger partial charge in [-0.1, -0.05) is 55.4 Å². The lowest BCUT2D eigenvalue weighted by atomic mass is 9.74. The van der Waals surface area contributed by atoms with Gasteiger partial charge in [0.2, 0.25) is 0 Å². The molecule has 0 aromatic carbocycles. The van der Waals surface area contributed by atoms with Gasteiger partial charge in [0, 0.05) is 32.2 Å². The molecule has 0 saturated heterocycles. The summed E-state index contributed by atoms with van der Waals surface area (Å²) >= 11 is 8.10. The second-order valence-corrected chi connectivity index (χ2v) is 30.0. The highest BCUT2D eigenvalue weighted by Gasteiger charge is 2.38. The number of carbonyl (C=O) groups is 4. The summed E-state index contributed by atoms with van der Waals surface area (Å²) in [7, 11) is -1.63. The van der Waals surface area contributed by atoms with Crippen molar-refractivity contribution < 1.29 is 43.4 Å². The number of halogens is 1. The Morgan fingerprint density at radius 3 is 1.28 bits per heavy atom. The molecule has 1 fully saturated rings. The predicted octanol–water partition coefficient (Wildman–Crippen LogP) is 12.8. The highest BCUT2D eigenvalue weighted by Crippen LogP contribution is 2.45. The van der Waals surface area contributed by atoms with Crippen molar-refractivity contribution in [3.8, 4) is 0 Å². The molecular formula is C53H81BBrNO9S3. The Morgan fingerprint density at radius 1 is 0.544 bits per heavy atom. The van der Waals surface area contributed by atoms with E-state index in [1.54, 1.807) is 22.7 Å². The molecule has 3 aromatic rings. The van der Waals surface area contributed by atoms with E-state index in [0.717, 1.165) is 96.0 Å². The second kappa shape index (κ2) is 21.7. The first-order chi connectivity index (χ1) is 30.8. The zero-order chi connectivity index (χ0) is 51.7. The van der Waals surface area contributed by atoms with Crippen LogP contribution in [0.25, 0.3) is 0 Å². The van der Waals surface area contributed by atoms with Crippen LogP contribution in [0.5, 0.6) is 0 Å². The number of hydrogen-bond acceptors (Lipinski definition) is 13. The minimum absolute atomic E-state index is 0.114. The summed E-state index contributed by atoms with van der Waals surface area (Å²) in [4.78, 5) is 51.8. The highest BCUT2D eigenvalue weighted by molar-refractivity contribution is 9.11. The monoisotopic (exact) mass is 1060 g/mol. The summed E-state index contributed by atoms with van der Waals surface area (Å²) < 4.78 is 17.7. The number of Topliss-reactive ketones (excluding diaryl/α,β-unsaturated/α-hetero) is 1. The molecule has 7 rings (SSSR count). The fourth-order valence-electron chi connectivity index (χ4n) is 9.06. The van der Waals surface area contributed by atoms with E-state index in [-0.39, 0.29) is 28.2 Å². The van der Waals surface area contributed by atoms with Crippen LogP contribution in [0.4, 0.5) is 5.00 Å². The Labute approximate surface area is 428 Å². The number of ketones is 1. The minimum Gasteiger partial charge on any atom is -0.456 e. The van der Waals surface area contributed by atoms with Gasteiger partial charge in [-0.2, -0.15) is 0 Å². The molecule has 0 spiro atoms. The van der Waals surface area contributed by atoms with E-state index in [9.17, 15) is 29.2 Å². The third-order valence-corrected chi connectivity index (χ3v) is 16.8. The Balaban J connectivity index is 0.000000204. The maximum absolute atomic E-state index is 12.5. The Hall–Kier alpha value is -2.56. The molecule has 0 unspecified atom stereocenters. The highest BCUT2D eigenvalue weighted by atomic mass is 79.9. The molecular weight excluding hydrogens is 981 g/mol. The van der Waals surface area contributed by atoms with E-state index in [1.165, 1.54) is 39.5 Å². The Bertz CT molecular complexity index is 2220. The van der Waals surface area contributed by atoms with Gasteiger partial charge in [0.05, 0.1) is 20.5 Å². The summed E-state index contributed by atoms with van der Waals surface area (Å²) in [5.74, 6) is -0.484. The number of anilines is 1. The first kappa shape index (κ1) is 58.0. The lowest BCUT2D eigenvalue weighted by molar-refractivity contribution is -0.123. The van der Waals surface area contributed by atoms with Crippen molar-refractivity contribution in [2.75, 3.05) is 5.73 Å². The summed E-state index contributed by atoms with van der Waals surface area (Å²) in [6.07, 6.45) is 12.9. The number of rotatable bonds is 4. The van der Waals surface area contributed by atoms with Gasteiger partial charge in [-0.25, -0.2) is 14.4 Å². The molecule has 0 bridgehead atoms. The number of aryl methyl sites for hydroxylation is 3. The molecule has 0 aliphatic heterocycles. The maximum atomic E-state index is 12.5. The van der Waals surface area contributed by atoms with Gasteiger partial charge in [-0.15, -0.1) is 34.0 Å². The Morgan fingerprint density at radius 2 is 0.897 bits per heavy atom. The average Bonchev–Trinajstić information content (AvgIpc) is 3.77. The van der Waals surface area contributed by atoms with E-state index < -0.39 is 29.9 Å². The quantitative estimate of drug-likeness (QED) is 0.130. The molecule has 15 heteroatoms. The van der Waals surface area contributed by atoms with E-state index in [2.05, 4.69) is 71.3 Å². The van der Waals surface area contributed by atoms with Crippen LogP contribution in [-0.4, -0.2) is 57.7 Å². The standard InChI is InChI=1S/C15H23BO4S.C15H21BrO2S.C15H23NO2S.C8H14O/c1-14(2,3)20-13(17)11-9-8-15(4,5)7-6-10(9)21-12(11)16(18)19;2*1-14(2,3)18-13(17)11-9-8-15(4,5)7-6-10(9)19-12(11)16;1-8(2)5-3-4-7(9)6-8/h18-19H,6-8H2,1-5H3;6-8H2,1-5H3;6-8,16H2,1-5H3;3-6H2,1-2H3. The van der Waals surface area contributed by atoms with Crippen LogP contribution in [-0.2, 0) is 57.5 Å². The summed E-state index contributed by atoms with van der Waals surface area (Å²) in [5.41, 5.74) is 10.4. The molecule has 3 heterocycles. The number of hydrogen-bond donors (Lipinski definition) is 3. The molecule has 4 aliphatic carbocycles. The van der Waals surface area contributed by atoms with Crippen molar-refractivity contribution in [3.05, 3.63) is 51.8 Å². The number of carbonyl (C=O) groups excluding carboxylic acids is 4. The van der Waals surface area contributed by atoms with Crippen molar-refractivity contribution in [3.63, 3.8) is 0 Å². The second-order valence-electron chi connectivity index (χ2n) is 25.3. The van der Waals surface area contributed by atoms with E-state index in [0.29, 0.717) is 32.1 Å². The molecule has 3 aromatic heterocycles. The molecule has 1 saturated carbocycles. The molecule has 10 nitrogen and oxygen atoms in total. The number of nitrogen functional groups attached to an aromatic ring is 1. The van der Waals surface area contributed by atoms with Gasteiger partial charge in [-0.3, -0.25) is 4.79 Å². The zero-order valence-corrected chi connectivity index (χ0v) is 48.2. The SMILES string of the molecule is CC1(C)CCCC(=O)C1.CC1(C)CCc2sc(B(O)O)c(C(=O)OC(C)(C)C)c2C1.CC1(C)CCc2sc(Br)c(C(=O)OC(C)(C)C)c2C1.CC1(C)CCc2sc(N)c(C(=O)OC(C)(C)C)c2C1. The minimum atomic E-state index is -1.63. The van der Waals surface area contributed by atoms with Crippen LogP contribution >= 0.6 is 49.9 Å². The van der Waals surface area contributed by atoms with E-state index in [4.69, 9.17) is 19.9 Å². The van der Waals surface area contributed by atoms with Crippen LogP contribution in [0.15, 0.2) is 3.79 Å².